The molecule has 1 heterocycles. The van der Waals surface area contributed by atoms with Gasteiger partial charge in [0.05, 0.1) is 24.5 Å². The summed E-state index contributed by atoms with van der Waals surface area (Å²) in [4.78, 5) is 25.7. The van der Waals surface area contributed by atoms with Crippen LogP contribution < -0.4 is 10.6 Å². The second-order valence-corrected chi connectivity index (χ2v) is 7.21. The highest BCUT2D eigenvalue weighted by molar-refractivity contribution is 6.11. The number of carbonyl (C=O) groups is 2. The van der Waals surface area contributed by atoms with E-state index in [1.807, 2.05) is 31.2 Å². The second kappa shape index (κ2) is 7.11. The van der Waals surface area contributed by atoms with Crippen LogP contribution in [0, 0.1) is 17.7 Å². The molecule has 144 valence electrons. The van der Waals surface area contributed by atoms with Crippen LogP contribution in [-0.2, 0) is 14.3 Å². The van der Waals surface area contributed by atoms with Crippen molar-refractivity contribution in [2.75, 3.05) is 17.7 Å². The van der Waals surface area contributed by atoms with Crippen LogP contribution in [0.5, 0.6) is 0 Å². The number of ketones is 1. The van der Waals surface area contributed by atoms with Crippen molar-refractivity contribution in [1.82, 2.24) is 0 Å². The van der Waals surface area contributed by atoms with Crippen LogP contribution in [0.2, 0.25) is 0 Å². The number of halogens is 1. The number of hydrogen-bond acceptors (Lipinski definition) is 5. The van der Waals surface area contributed by atoms with Gasteiger partial charge in [-0.1, -0.05) is 37.3 Å². The molecule has 0 spiro atoms. The first kappa shape index (κ1) is 18.2. The molecular formula is C22H21FN2O3. The second-order valence-electron chi connectivity index (χ2n) is 7.21. The molecule has 2 aromatic carbocycles. The van der Waals surface area contributed by atoms with Gasteiger partial charge in [-0.05, 0) is 30.5 Å². The van der Waals surface area contributed by atoms with E-state index in [9.17, 15) is 14.0 Å². The molecule has 1 aliphatic carbocycles. The number of ether oxygens (including phenoxy) is 1. The maximum absolute atomic E-state index is 14.7. The number of Topliss-reactive ketones (excluding diaryl/α,β-unsaturated/α-hetero) is 1. The summed E-state index contributed by atoms with van der Waals surface area (Å²) in [5.74, 6) is -2.42. The summed E-state index contributed by atoms with van der Waals surface area (Å²) >= 11 is 0. The van der Waals surface area contributed by atoms with Crippen molar-refractivity contribution in [1.29, 1.82) is 0 Å². The van der Waals surface area contributed by atoms with Gasteiger partial charge in [-0.3, -0.25) is 9.59 Å². The van der Waals surface area contributed by atoms with Crippen LogP contribution in [0.15, 0.2) is 59.8 Å². The molecule has 4 rings (SSSR count). The minimum atomic E-state index is -0.900. The van der Waals surface area contributed by atoms with E-state index in [0.717, 1.165) is 11.4 Å². The molecule has 6 heteroatoms. The van der Waals surface area contributed by atoms with Gasteiger partial charge in [-0.15, -0.1) is 0 Å². The Morgan fingerprint density at radius 2 is 1.79 bits per heavy atom. The third-order valence-electron chi connectivity index (χ3n) is 5.44. The molecule has 2 aromatic rings. The van der Waals surface area contributed by atoms with Crippen LogP contribution in [0.25, 0.3) is 0 Å². The highest BCUT2D eigenvalue weighted by Crippen LogP contribution is 2.44. The van der Waals surface area contributed by atoms with E-state index in [2.05, 4.69) is 10.6 Å². The normalized spacial score (nSPS) is 23.7. The minimum absolute atomic E-state index is 0.224. The topological polar surface area (TPSA) is 67.4 Å². The predicted molar refractivity (Wildman–Crippen MR) is 104 cm³/mol. The van der Waals surface area contributed by atoms with Crippen molar-refractivity contribution in [3.8, 4) is 0 Å². The van der Waals surface area contributed by atoms with E-state index in [1.54, 1.807) is 18.2 Å². The van der Waals surface area contributed by atoms with Crippen molar-refractivity contribution < 1.29 is 18.7 Å². The number of methoxy groups -OCH3 is 1. The standard InChI is InChI=1S/C22H21FN2O3/c1-12-11-17-19(21(26)18(12)22(27)28-2)20(13-7-3-4-8-14(13)23)25-16-10-6-5-9-15(16)24-17/h3-10,12,18,20,24-25H,11H2,1-2H3/t12-,18+,20-/m1/s1. The van der Waals surface area contributed by atoms with Crippen molar-refractivity contribution >= 4 is 23.1 Å². The fraction of sp³-hybridized carbons (Fsp3) is 0.273. The van der Waals surface area contributed by atoms with Crippen LogP contribution in [-0.4, -0.2) is 18.9 Å². The average Bonchev–Trinajstić information content (AvgIpc) is 2.84. The van der Waals surface area contributed by atoms with E-state index in [-0.39, 0.29) is 11.7 Å². The summed E-state index contributed by atoms with van der Waals surface area (Å²) in [6.45, 7) is 1.85. The lowest BCUT2D eigenvalue weighted by atomic mass is 9.74. The fourth-order valence-corrected chi connectivity index (χ4v) is 4.08. The van der Waals surface area contributed by atoms with E-state index in [0.29, 0.717) is 23.3 Å². The van der Waals surface area contributed by atoms with Gasteiger partial charge < -0.3 is 15.4 Å². The van der Waals surface area contributed by atoms with Gasteiger partial charge in [0.25, 0.3) is 0 Å². The number of fused-ring (bicyclic) bond motifs is 1. The van der Waals surface area contributed by atoms with Gasteiger partial charge in [0.15, 0.2) is 5.78 Å². The maximum atomic E-state index is 14.7. The number of hydrogen-bond donors (Lipinski definition) is 2. The quantitative estimate of drug-likeness (QED) is 0.608. The first-order chi connectivity index (χ1) is 13.5. The number of allylic oxidation sites excluding steroid dienone is 1. The van der Waals surface area contributed by atoms with E-state index in [1.165, 1.54) is 13.2 Å². The molecule has 0 aromatic heterocycles. The zero-order chi connectivity index (χ0) is 19.8. The first-order valence-corrected chi connectivity index (χ1v) is 9.23. The van der Waals surface area contributed by atoms with E-state index < -0.39 is 23.7 Å². The molecule has 3 atom stereocenters. The Morgan fingerprint density at radius 1 is 1.11 bits per heavy atom. The minimum Gasteiger partial charge on any atom is -0.468 e. The third-order valence-corrected chi connectivity index (χ3v) is 5.44. The molecule has 28 heavy (non-hydrogen) atoms. The van der Waals surface area contributed by atoms with E-state index in [4.69, 9.17) is 4.74 Å². The predicted octanol–water partition coefficient (Wildman–Crippen LogP) is 4.06. The number of esters is 1. The van der Waals surface area contributed by atoms with Crippen LogP contribution in [0.4, 0.5) is 15.8 Å². The number of anilines is 2. The molecule has 1 aliphatic heterocycles. The summed E-state index contributed by atoms with van der Waals surface area (Å²) < 4.78 is 19.6. The smallest absolute Gasteiger partial charge is 0.316 e. The Balaban J connectivity index is 1.90. The molecule has 0 saturated heterocycles. The molecule has 0 amide bonds. The van der Waals surface area contributed by atoms with Gasteiger partial charge in [0.2, 0.25) is 0 Å². The van der Waals surface area contributed by atoms with Crippen LogP contribution >= 0.6 is 0 Å². The summed E-state index contributed by atoms with van der Waals surface area (Å²) in [5, 5.41) is 6.65. The Hall–Kier alpha value is -3.15. The number of rotatable bonds is 2. The van der Waals surface area contributed by atoms with Gasteiger partial charge in [0, 0.05) is 16.8 Å². The van der Waals surface area contributed by atoms with E-state index >= 15 is 0 Å². The van der Waals surface area contributed by atoms with Gasteiger partial charge in [-0.25, -0.2) is 4.39 Å². The highest BCUT2D eigenvalue weighted by Gasteiger charge is 2.44. The molecule has 0 radical (unpaired) electrons. The zero-order valence-corrected chi connectivity index (χ0v) is 15.7. The molecular weight excluding hydrogens is 359 g/mol. The zero-order valence-electron chi connectivity index (χ0n) is 15.7. The van der Waals surface area contributed by atoms with Crippen molar-refractivity contribution in [2.24, 2.45) is 11.8 Å². The average molecular weight is 380 g/mol. The van der Waals surface area contributed by atoms with Crippen LogP contribution in [0.3, 0.4) is 0 Å². The first-order valence-electron chi connectivity index (χ1n) is 9.23. The maximum Gasteiger partial charge on any atom is 0.316 e. The lowest BCUT2D eigenvalue weighted by Crippen LogP contribution is -2.39. The Bertz CT molecular complexity index is 985. The summed E-state index contributed by atoms with van der Waals surface area (Å²) in [7, 11) is 1.28. The lowest BCUT2D eigenvalue weighted by Gasteiger charge is -2.32. The van der Waals surface area contributed by atoms with Crippen molar-refractivity contribution in [3.05, 3.63) is 71.2 Å². The molecule has 5 nitrogen and oxygen atoms in total. The lowest BCUT2D eigenvalue weighted by molar-refractivity contribution is -0.151. The number of carbonyl (C=O) groups excluding carboxylic acids is 2. The molecule has 0 bridgehead atoms. The summed E-state index contributed by atoms with van der Waals surface area (Å²) in [6.07, 6.45) is 0.488. The monoisotopic (exact) mass is 380 g/mol. The highest BCUT2D eigenvalue weighted by atomic mass is 19.1. The Morgan fingerprint density at radius 3 is 2.50 bits per heavy atom. The number of nitrogens with one attached hydrogen (secondary N) is 2. The van der Waals surface area contributed by atoms with Crippen molar-refractivity contribution in [2.45, 2.75) is 19.4 Å². The third kappa shape index (κ3) is 2.95. The van der Waals surface area contributed by atoms with Gasteiger partial charge in [-0.2, -0.15) is 0 Å². The molecule has 2 aliphatic rings. The molecule has 2 N–H and O–H groups in total. The van der Waals surface area contributed by atoms with Gasteiger partial charge in [0.1, 0.15) is 11.7 Å². The molecule has 0 fully saturated rings. The molecule has 0 unspecified atom stereocenters. The Kier molecular flexibility index (Phi) is 4.63. The largest absolute Gasteiger partial charge is 0.468 e. The molecule has 0 saturated carbocycles. The summed E-state index contributed by atoms with van der Waals surface area (Å²) in [6, 6.07) is 13.2. The van der Waals surface area contributed by atoms with Gasteiger partial charge >= 0.3 is 5.97 Å². The SMILES string of the molecule is COC(=O)[C@@H]1C(=O)C2=C(C[C@H]1C)Nc1ccccc1N[C@@H]2c1ccccc1F. The Labute approximate surface area is 162 Å². The van der Waals surface area contributed by atoms with Crippen LogP contribution in [0.1, 0.15) is 24.9 Å². The summed E-state index contributed by atoms with van der Waals surface area (Å²) in [5.41, 5.74) is 3.03. The number of para-hydroxylation sites is 2. The van der Waals surface area contributed by atoms with Crippen molar-refractivity contribution in [3.63, 3.8) is 0 Å². The number of benzene rings is 2. The fourth-order valence-electron chi connectivity index (χ4n) is 4.08.